The summed E-state index contributed by atoms with van der Waals surface area (Å²) in [6, 6.07) is 47.4. The van der Waals surface area contributed by atoms with Gasteiger partial charge in [-0.3, -0.25) is 0 Å². The molecule has 0 aliphatic heterocycles. The zero-order valence-electron chi connectivity index (χ0n) is 19.6. The summed E-state index contributed by atoms with van der Waals surface area (Å²) in [6.07, 6.45) is 0. The van der Waals surface area contributed by atoms with Crippen molar-refractivity contribution in [1.82, 2.24) is 0 Å². The number of benzene rings is 5. The van der Waals surface area contributed by atoms with Gasteiger partial charge >= 0.3 is 0 Å². The molecule has 0 amide bonds. The van der Waals surface area contributed by atoms with Gasteiger partial charge in [-0.15, -0.1) is 0 Å². The average molecular weight is 457 g/mol. The molecule has 0 unspecified atom stereocenters. The fourth-order valence-electron chi connectivity index (χ4n) is 4.42. The van der Waals surface area contributed by atoms with Crippen LogP contribution in [0.5, 0.6) is 0 Å². The summed E-state index contributed by atoms with van der Waals surface area (Å²) >= 11 is 0. The lowest BCUT2D eigenvalue weighted by atomic mass is 10.1. The number of para-hydroxylation sites is 4. The van der Waals surface area contributed by atoms with Crippen LogP contribution in [0.4, 0.5) is 34.1 Å². The van der Waals surface area contributed by atoms with Gasteiger partial charge in [-0.05, 0) is 73.2 Å². The summed E-state index contributed by atoms with van der Waals surface area (Å²) < 4.78 is 0. The van der Waals surface area contributed by atoms with Crippen molar-refractivity contribution in [3.8, 4) is 0 Å². The molecule has 5 aromatic rings. The van der Waals surface area contributed by atoms with Crippen LogP contribution in [0.3, 0.4) is 0 Å². The lowest BCUT2D eigenvalue weighted by molar-refractivity contribution is 1.24. The minimum atomic E-state index is 0.957. The SMILES string of the molecule is Cc1ccccc1N(c1ccccc1)c1cc([SiH3])cc(N(c2ccccc2)c2ccccc2)c1. The summed E-state index contributed by atoms with van der Waals surface area (Å²) in [5.74, 6) is 0. The second-order valence-corrected chi connectivity index (χ2v) is 9.65. The van der Waals surface area contributed by atoms with Crippen LogP contribution in [0.25, 0.3) is 0 Å². The molecule has 0 radical (unpaired) electrons. The highest BCUT2D eigenvalue weighted by Crippen LogP contribution is 2.40. The molecule has 166 valence electrons. The topological polar surface area (TPSA) is 6.48 Å². The Balaban J connectivity index is 1.71. The Hall–Kier alpha value is -4.08. The lowest BCUT2D eigenvalue weighted by Gasteiger charge is -2.30. The maximum atomic E-state index is 2.37. The highest BCUT2D eigenvalue weighted by molar-refractivity contribution is 6.33. The Bertz CT molecular complexity index is 1330. The van der Waals surface area contributed by atoms with Crippen molar-refractivity contribution in [2.24, 2.45) is 0 Å². The first-order valence-corrected chi connectivity index (χ1v) is 12.6. The van der Waals surface area contributed by atoms with Crippen molar-refractivity contribution >= 4 is 49.6 Å². The van der Waals surface area contributed by atoms with Crippen molar-refractivity contribution in [3.63, 3.8) is 0 Å². The van der Waals surface area contributed by atoms with Gasteiger partial charge in [-0.2, -0.15) is 0 Å². The molecule has 0 aromatic heterocycles. The first-order valence-electron chi connectivity index (χ1n) is 11.6. The molecule has 0 bridgehead atoms. The average Bonchev–Trinajstić information content (AvgIpc) is 2.87. The van der Waals surface area contributed by atoms with Gasteiger partial charge in [0.2, 0.25) is 0 Å². The molecule has 0 aliphatic rings. The first-order chi connectivity index (χ1) is 16.7. The summed E-state index contributed by atoms with van der Waals surface area (Å²) in [6.45, 7) is 2.18. The summed E-state index contributed by atoms with van der Waals surface area (Å²) in [4.78, 5) is 4.71. The van der Waals surface area contributed by atoms with Crippen LogP contribution in [-0.2, 0) is 0 Å². The largest absolute Gasteiger partial charge is 0.310 e. The number of rotatable bonds is 6. The van der Waals surface area contributed by atoms with Crippen LogP contribution in [0, 0.1) is 6.92 Å². The number of nitrogens with zero attached hydrogens (tertiary/aromatic N) is 2. The Labute approximate surface area is 205 Å². The van der Waals surface area contributed by atoms with E-state index in [9.17, 15) is 0 Å². The second kappa shape index (κ2) is 9.82. The van der Waals surface area contributed by atoms with Gasteiger partial charge in [0.15, 0.2) is 0 Å². The molecule has 0 saturated carbocycles. The highest BCUT2D eigenvalue weighted by Gasteiger charge is 2.18. The molecule has 0 atom stereocenters. The maximum absolute atomic E-state index is 2.37. The van der Waals surface area contributed by atoms with E-state index in [2.05, 4.69) is 150 Å². The molecule has 0 saturated heterocycles. The third-order valence-electron chi connectivity index (χ3n) is 5.96. The van der Waals surface area contributed by atoms with Crippen molar-refractivity contribution in [1.29, 1.82) is 0 Å². The Morgan fingerprint density at radius 2 is 0.853 bits per heavy atom. The Morgan fingerprint density at radius 1 is 0.441 bits per heavy atom. The van der Waals surface area contributed by atoms with E-state index in [1.54, 1.807) is 0 Å². The zero-order chi connectivity index (χ0) is 23.3. The van der Waals surface area contributed by atoms with Gasteiger partial charge in [0.25, 0.3) is 0 Å². The smallest absolute Gasteiger partial charge is 0.0490 e. The van der Waals surface area contributed by atoms with E-state index >= 15 is 0 Å². The molecule has 0 N–H and O–H groups in total. The second-order valence-electron chi connectivity index (χ2n) is 8.49. The molecule has 0 aliphatic carbocycles. The zero-order valence-corrected chi connectivity index (χ0v) is 21.6. The van der Waals surface area contributed by atoms with E-state index in [0.717, 1.165) is 33.0 Å². The van der Waals surface area contributed by atoms with Crippen LogP contribution in [0.15, 0.2) is 133 Å². The van der Waals surface area contributed by atoms with Crippen LogP contribution >= 0.6 is 0 Å². The van der Waals surface area contributed by atoms with Crippen LogP contribution in [-0.4, -0.2) is 10.2 Å². The summed E-state index contributed by atoms with van der Waals surface area (Å²) in [7, 11) is 0.957. The minimum absolute atomic E-state index is 0.957. The van der Waals surface area contributed by atoms with Crippen molar-refractivity contribution < 1.29 is 0 Å². The maximum Gasteiger partial charge on any atom is 0.0490 e. The van der Waals surface area contributed by atoms with Crippen molar-refractivity contribution in [2.75, 3.05) is 9.80 Å². The van der Waals surface area contributed by atoms with Gasteiger partial charge in [0.1, 0.15) is 0 Å². The first kappa shape index (κ1) is 21.7. The molecular formula is C31H28N2Si. The number of anilines is 6. The number of aryl methyl sites for hydroxylation is 1. The normalized spacial score (nSPS) is 10.7. The van der Waals surface area contributed by atoms with Gasteiger partial charge in [0.05, 0.1) is 0 Å². The minimum Gasteiger partial charge on any atom is -0.310 e. The molecule has 34 heavy (non-hydrogen) atoms. The predicted molar refractivity (Wildman–Crippen MR) is 150 cm³/mol. The van der Waals surface area contributed by atoms with E-state index in [4.69, 9.17) is 0 Å². The van der Waals surface area contributed by atoms with E-state index in [0.29, 0.717) is 0 Å². The lowest BCUT2D eigenvalue weighted by Crippen LogP contribution is -2.17. The third-order valence-corrected chi connectivity index (χ3v) is 6.54. The van der Waals surface area contributed by atoms with Gasteiger partial charge < -0.3 is 9.80 Å². The molecular weight excluding hydrogens is 428 g/mol. The molecule has 3 heteroatoms. The van der Waals surface area contributed by atoms with E-state index in [1.165, 1.54) is 22.1 Å². The summed E-state index contributed by atoms with van der Waals surface area (Å²) in [5, 5.41) is 1.35. The standard InChI is InChI=1S/C31H28N2Si/c1-24-13-11-12-20-31(24)33(27-18-9-4-10-19-27)29-21-28(22-30(34)23-29)32(25-14-5-2-6-15-25)26-16-7-3-8-17-26/h2-23H,1,34H3. The molecule has 0 spiro atoms. The quantitative estimate of drug-likeness (QED) is 0.256. The van der Waals surface area contributed by atoms with E-state index in [-0.39, 0.29) is 0 Å². The Morgan fingerprint density at radius 3 is 1.35 bits per heavy atom. The molecule has 5 rings (SSSR count). The van der Waals surface area contributed by atoms with Gasteiger partial charge in [0, 0.05) is 44.4 Å². The van der Waals surface area contributed by atoms with Gasteiger partial charge in [-0.1, -0.05) is 78.0 Å². The molecule has 0 fully saturated rings. The molecule has 5 aromatic carbocycles. The van der Waals surface area contributed by atoms with E-state index < -0.39 is 0 Å². The fraction of sp³-hybridized carbons (Fsp3) is 0.0323. The van der Waals surface area contributed by atoms with E-state index in [1.807, 2.05) is 0 Å². The highest BCUT2D eigenvalue weighted by atomic mass is 28.1. The Kier molecular flexibility index (Phi) is 6.28. The third kappa shape index (κ3) is 4.52. The monoisotopic (exact) mass is 456 g/mol. The van der Waals surface area contributed by atoms with Crippen molar-refractivity contribution in [3.05, 3.63) is 139 Å². The van der Waals surface area contributed by atoms with Crippen LogP contribution in [0.2, 0.25) is 0 Å². The summed E-state index contributed by atoms with van der Waals surface area (Å²) in [5.41, 5.74) is 8.21. The van der Waals surface area contributed by atoms with Crippen molar-refractivity contribution in [2.45, 2.75) is 6.92 Å². The van der Waals surface area contributed by atoms with Crippen LogP contribution < -0.4 is 15.0 Å². The fourth-order valence-corrected chi connectivity index (χ4v) is 5.01. The number of hydrogen-bond acceptors (Lipinski definition) is 2. The van der Waals surface area contributed by atoms with Gasteiger partial charge in [-0.25, -0.2) is 0 Å². The molecule has 0 heterocycles. The van der Waals surface area contributed by atoms with Crippen LogP contribution in [0.1, 0.15) is 5.56 Å². The molecule has 2 nitrogen and oxygen atoms in total. The number of hydrogen-bond donors (Lipinski definition) is 0. The predicted octanol–water partition coefficient (Wildman–Crippen LogP) is 6.93.